The van der Waals surface area contributed by atoms with E-state index in [1.165, 1.54) is 0 Å². The van der Waals surface area contributed by atoms with Crippen molar-refractivity contribution < 1.29 is 9.53 Å². The lowest BCUT2D eigenvalue weighted by atomic mass is 10.2. The summed E-state index contributed by atoms with van der Waals surface area (Å²) in [6.07, 6.45) is 0. The molecule has 3 rings (SSSR count). The number of methoxy groups -OCH3 is 1. The summed E-state index contributed by atoms with van der Waals surface area (Å²) < 4.78 is 5.15. The minimum atomic E-state index is -0.175. The first kappa shape index (κ1) is 15.6. The molecule has 120 valence electrons. The number of rotatable bonds is 5. The number of anilines is 3. The molecule has 0 saturated heterocycles. The Hall–Kier alpha value is -3.27. The molecule has 3 aromatic carbocycles. The molecule has 0 heterocycles. The number of benzene rings is 3. The van der Waals surface area contributed by atoms with Crippen LogP contribution in [0.25, 0.3) is 0 Å². The first-order valence-corrected chi connectivity index (χ1v) is 7.62. The van der Waals surface area contributed by atoms with E-state index in [-0.39, 0.29) is 5.91 Å². The van der Waals surface area contributed by atoms with Crippen LogP contribution in [-0.2, 0) is 0 Å². The Morgan fingerprint density at radius 1 is 0.792 bits per heavy atom. The Kier molecular flexibility index (Phi) is 4.77. The van der Waals surface area contributed by atoms with Gasteiger partial charge in [0.1, 0.15) is 5.75 Å². The van der Waals surface area contributed by atoms with Gasteiger partial charge in [0, 0.05) is 22.6 Å². The van der Waals surface area contributed by atoms with Gasteiger partial charge in [-0.05, 0) is 48.5 Å². The van der Waals surface area contributed by atoms with Crippen molar-refractivity contribution in [1.29, 1.82) is 0 Å². The average Bonchev–Trinajstić information content (AvgIpc) is 2.63. The Bertz CT molecular complexity index is 832. The van der Waals surface area contributed by atoms with Crippen LogP contribution in [0.5, 0.6) is 5.75 Å². The van der Waals surface area contributed by atoms with Crippen molar-refractivity contribution in [2.45, 2.75) is 0 Å². The quantitative estimate of drug-likeness (QED) is 0.717. The fourth-order valence-electron chi connectivity index (χ4n) is 2.33. The fraction of sp³-hybridized carbons (Fsp3) is 0.0500. The Morgan fingerprint density at radius 3 is 2.29 bits per heavy atom. The van der Waals surface area contributed by atoms with Crippen LogP contribution in [0.3, 0.4) is 0 Å². The van der Waals surface area contributed by atoms with Gasteiger partial charge in [-0.25, -0.2) is 0 Å². The van der Waals surface area contributed by atoms with E-state index in [0.717, 1.165) is 17.1 Å². The molecular weight excluding hydrogens is 300 g/mol. The van der Waals surface area contributed by atoms with Crippen molar-refractivity contribution in [2.24, 2.45) is 0 Å². The number of ether oxygens (including phenoxy) is 1. The minimum Gasteiger partial charge on any atom is -0.497 e. The zero-order chi connectivity index (χ0) is 16.8. The second-order valence-corrected chi connectivity index (χ2v) is 5.26. The first-order valence-electron chi connectivity index (χ1n) is 7.62. The standard InChI is InChI=1S/C20H18N2O2/c1-24-19-12-5-7-15(13-19)20(23)22-18-11-6-10-17(14-18)21-16-8-3-2-4-9-16/h2-14,21H,1H3,(H,22,23). The van der Waals surface area contributed by atoms with Gasteiger partial charge in [0.05, 0.1) is 7.11 Å². The normalized spacial score (nSPS) is 10.0. The van der Waals surface area contributed by atoms with Gasteiger partial charge in [-0.1, -0.05) is 30.3 Å². The number of carbonyl (C=O) groups excluding carboxylic acids is 1. The molecule has 4 heteroatoms. The number of nitrogens with one attached hydrogen (secondary N) is 2. The molecule has 24 heavy (non-hydrogen) atoms. The van der Waals surface area contributed by atoms with Crippen LogP contribution in [0.15, 0.2) is 78.9 Å². The second-order valence-electron chi connectivity index (χ2n) is 5.26. The van der Waals surface area contributed by atoms with Gasteiger partial charge in [-0.15, -0.1) is 0 Å². The van der Waals surface area contributed by atoms with Gasteiger partial charge < -0.3 is 15.4 Å². The SMILES string of the molecule is COc1cccc(C(=O)Nc2cccc(Nc3ccccc3)c2)c1. The van der Waals surface area contributed by atoms with Crippen LogP contribution in [0, 0.1) is 0 Å². The van der Waals surface area contributed by atoms with E-state index in [2.05, 4.69) is 10.6 Å². The van der Waals surface area contributed by atoms with Crippen molar-refractivity contribution >= 4 is 23.0 Å². The van der Waals surface area contributed by atoms with Gasteiger partial charge >= 0.3 is 0 Å². The summed E-state index contributed by atoms with van der Waals surface area (Å²) in [6, 6.07) is 24.5. The van der Waals surface area contributed by atoms with Crippen LogP contribution >= 0.6 is 0 Å². The van der Waals surface area contributed by atoms with E-state index in [9.17, 15) is 4.79 Å². The zero-order valence-electron chi connectivity index (χ0n) is 13.3. The predicted molar refractivity (Wildman–Crippen MR) is 97.1 cm³/mol. The van der Waals surface area contributed by atoms with Crippen molar-refractivity contribution in [2.75, 3.05) is 17.7 Å². The van der Waals surface area contributed by atoms with Crippen molar-refractivity contribution in [1.82, 2.24) is 0 Å². The lowest BCUT2D eigenvalue weighted by Gasteiger charge is -2.10. The van der Waals surface area contributed by atoms with Crippen LogP contribution in [0.2, 0.25) is 0 Å². The molecule has 0 saturated carbocycles. The Labute approximate surface area is 141 Å². The van der Waals surface area contributed by atoms with E-state index < -0.39 is 0 Å². The molecule has 1 amide bonds. The van der Waals surface area contributed by atoms with Gasteiger partial charge in [-0.2, -0.15) is 0 Å². The highest BCUT2D eigenvalue weighted by atomic mass is 16.5. The summed E-state index contributed by atoms with van der Waals surface area (Å²) in [5, 5.41) is 6.21. The molecule has 0 aliphatic carbocycles. The molecule has 0 aliphatic heterocycles. The topological polar surface area (TPSA) is 50.4 Å². The summed E-state index contributed by atoms with van der Waals surface area (Å²) in [5.74, 6) is 0.480. The average molecular weight is 318 g/mol. The van der Waals surface area contributed by atoms with E-state index in [1.807, 2.05) is 54.6 Å². The highest BCUT2D eigenvalue weighted by Crippen LogP contribution is 2.21. The van der Waals surface area contributed by atoms with Crippen molar-refractivity contribution in [3.8, 4) is 5.75 Å². The first-order chi connectivity index (χ1) is 11.7. The van der Waals surface area contributed by atoms with E-state index in [0.29, 0.717) is 11.3 Å². The summed E-state index contributed by atoms with van der Waals surface area (Å²) in [4.78, 5) is 12.4. The number of hydrogen-bond acceptors (Lipinski definition) is 3. The Morgan fingerprint density at radius 2 is 1.50 bits per heavy atom. The maximum atomic E-state index is 12.4. The summed E-state index contributed by atoms with van der Waals surface area (Å²) in [7, 11) is 1.58. The third-order valence-electron chi connectivity index (χ3n) is 3.51. The summed E-state index contributed by atoms with van der Waals surface area (Å²) >= 11 is 0. The fourth-order valence-corrected chi connectivity index (χ4v) is 2.33. The number of amides is 1. The van der Waals surface area contributed by atoms with Gasteiger partial charge in [0.15, 0.2) is 0 Å². The lowest BCUT2D eigenvalue weighted by molar-refractivity contribution is 0.102. The predicted octanol–water partition coefficient (Wildman–Crippen LogP) is 4.69. The highest BCUT2D eigenvalue weighted by molar-refractivity contribution is 6.04. The molecule has 0 spiro atoms. The van der Waals surface area contributed by atoms with Crippen LogP contribution in [0.1, 0.15) is 10.4 Å². The highest BCUT2D eigenvalue weighted by Gasteiger charge is 2.07. The number of carbonyl (C=O) groups is 1. The van der Waals surface area contributed by atoms with Crippen molar-refractivity contribution in [3.05, 3.63) is 84.4 Å². The van der Waals surface area contributed by atoms with E-state index >= 15 is 0 Å². The minimum absolute atomic E-state index is 0.175. The molecule has 0 fully saturated rings. The smallest absolute Gasteiger partial charge is 0.255 e. The van der Waals surface area contributed by atoms with Gasteiger partial charge in [-0.3, -0.25) is 4.79 Å². The molecule has 0 atom stereocenters. The molecule has 0 unspecified atom stereocenters. The molecule has 0 aromatic heterocycles. The monoisotopic (exact) mass is 318 g/mol. The third kappa shape index (κ3) is 3.93. The van der Waals surface area contributed by atoms with Crippen LogP contribution < -0.4 is 15.4 Å². The largest absolute Gasteiger partial charge is 0.497 e. The van der Waals surface area contributed by atoms with E-state index in [4.69, 9.17) is 4.74 Å². The molecule has 0 bridgehead atoms. The van der Waals surface area contributed by atoms with Gasteiger partial charge in [0.2, 0.25) is 0 Å². The van der Waals surface area contributed by atoms with Gasteiger partial charge in [0.25, 0.3) is 5.91 Å². The van der Waals surface area contributed by atoms with Crippen LogP contribution in [0.4, 0.5) is 17.1 Å². The zero-order valence-corrected chi connectivity index (χ0v) is 13.3. The molecule has 0 radical (unpaired) electrons. The molecule has 3 aromatic rings. The van der Waals surface area contributed by atoms with E-state index in [1.54, 1.807) is 31.4 Å². The maximum absolute atomic E-state index is 12.4. The Balaban J connectivity index is 1.73. The summed E-state index contributed by atoms with van der Waals surface area (Å²) in [5.41, 5.74) is 3.18. The molecule has 4 nitrogen and oxygen atoms in total. The van der Waals surface area contributed by atoms with Crippen molar-refractivity contribution in [3.63, 3.8) is 0 Å². The number of hydrogen-bond donors (Lipinski definition) is 2. The third-order valence-corrected chi connectivity index (χ3v) is 3.51. The number of para-hydroxylation sites is 1. The maximum Gasteiger partial charge on any atom is 0.255 e. The van der Waals surface area contributed by atoms with Crippen LogP contribution in [-0.4, -0.2) is 13.0 Å². The molecule has 0 aliphatic rings. The lowest BCUT2D eigenvalue weighted by Crippen LogP contribution is -2.12. The molecular formula is C20H18N2O2. The second kappa shape index (κ2) is 7.33. The summed E-state index contributed by atoms with van der Waals surface area (Å²) in [6.45, 7) is 0. The molecule has 2 N–H and O–H groups in total.